The van der Waals surface area contributed by atoms with Gasteiger partial charge in [0, 0.05) is 18.7 Å². The third-order valence-corrected chi connectivity index (χ3v) is 9.75. The van der Waals surface area contributed by atoms with E-state index >= 15 is 0 Å². The number of alkyl carbamates (subject to hydrolysis) is 1. The lowest BCUT2D eigenvalue weighted by Crippen LogP contribution is -2.62. The number of aryl methyl sites for hydroxylation is 1. The lowest BCUT2D eigenvalue weighted by atomic mass is 10.0. The van der Waals surface area contributed by atoms with Crippen LogP contribution in [0.15, 0.2) is 48.5 Å². The highest BCUT2D eigenvalue weighted by Crippen LogP contribution is 2.21. The molecule has 0 fully saturated rings. The summed E-state index contributed by atoms with van der Waals surface area (Å²) in [5, 5.41) is 22.7. The number of ether oxygens (including phenoxy) is 2. The quantitative estimate of drug-likeness (QED) is 0.0479. The normalized spacial score (nSPS) is 13.9. The van der Waals surface area contributed by atoms with Crippen LogP contribution in [0.2, 0.25) is 0 Å². The van der Waals surface area contributed by atoms with E-state index in [-0.39, 0.29) is 31.9 Å². The molecule has 62 heavy (non-hydrogen) atoms. The van der Waals surface area contributed by atoms with Crippen LogP contribution in [0.1, 0.15) is 116 Å². The number of hydrogen-bond donors (Lipinski definition) is 7. The number of carboxylic acids is 1. The van der Waals surface area contributed by atoms with Crippen molar-refractivity contribution < 1.29 is 43.3 Å². The van der Waals surface area contributed by atoms with Crippen molar-refractivity contribution in [2.24, 2.45) is 11.7 Å². The molecule has 346 valence electrons. The van der Waals surface area contributed by atoms with Gasteiger partial charge in [-0.3, -0.25) is 19.2 Å². The fraction of sp³-hybridized carbons (Fsp3) is 0.609. The fourth-order valence-corrected chi connectivity index (χ4v) is 6.24. The molecule has 16 heteroatoms. The van der Waals surface area contributed by atoms with E-state index in [9.17, 15) is 33.9 Å². The molecule has 5 amide bonds. The predicted molar refractivity (Wildman–Crippen MR) is 240 cm³/mol. The number of aliphatic carboxylic acids is 1. The van der Waals surface area contributed by atoms with Gasteiger partial charge in [0.05, 0.1) is 6.10 Å². The van der Waals surface area contributed by atoms with Gasteiger partial charge in [0.25, 0.3) is 11.8 Å². The number of unbranched alkanes of at least 4 members (excludes halogenated alkanes) is 3. The van der Waals surface area contributed by atoms with Crippen LogP contribution in [-0.4, -0.2) is 115 Å². The summed E-state index contributed by atoms with van der Waals surface area (Å²) in [4.78, 5) is 80.4. The molecule has 8 N–H and O–H groups in total. The van der Waals surface area contributed by atoms with Crippen molar-refractivity contribution in [2.45, 2.75) is 142 Å². The van der Waals surface area contributed by atoms with Gasteiger partial charge in [-0.2, -0.15) is 0 Å². The van der Waals surface area contributed by atoms with Gasteiger partial charge in [-0.25, -0.2) is 9.59 Å². The molecule has 0 saturated heterocycles. The van der Waals surface area contributed by atoms with Crippen LogP contribution < -0.4 is 32.3 Å². The first-order valence-corrected chi connectivity index (χ1v) is 21.8. The number of rotatable bonds is 27. The SMILES string of the molecule is CCCCc1ccc(-c2ccc(C(=O)N[C@@H](CCCCN(C)C)C(=O)N[C@H](C(=O)N[C@@H](N)C(=O)N[C@@H](CCCCNC(=O)OC(C)(C)C)C(=O)O)C(C)OCC(C)C)cc2)cc1. The van der Waals surface area contributed by atoms with E-state index in [2.05, 4.69) is 57.8 Å². The molecule has 2 aromatic rings. The Morgan fingerprint density at radius 1 is 0.742 bits per heavy atom. The highest BCUT2D eigenvalue weighted by atomic mass is 16.6. The number of nitrogens with two attached hydrogens (primary N) is 1. The van der Waals surface area contributed by atoms with Gasteiger partial charge in [0.15, 0.2) is 6.17 Å². The summed E-state index contributed by atoms with van der Waals surface area (Å²) in [6, 6.07) is 11.8. The van der Waals surface area contributed by atoms with E-state index in [4.69, 9.17) is 15.2 Å². The minimum absolute atomic E-state index is 0.0231. The monoisotopic (exact) mass is 868 g/mol. The number of carbonyl (C=O) groups excluding carboxylic acids is 5. The summed E-state index contributed by atoms with van der Waals surface area (Å²) in [6.07, 6.45) is 2.50. The number of nitrogens with one attached hydrogen (secondary N) is 5. The van der Waals surface area contributed by atoms with E-state index < -0.39 is 71.7 Å². The first-order valence-electron chi connectivity index (χ1n) is 21.8. The summed E-state index contributed by atoms with van der Waals surface area (Å²) < 4.78 is 11.1. The molecule has 0 aliphatic carbocycles. The maximum atomic E-state index is 14.0. The number of hydrogen-bond acceptors (Lipinski definition) is 10. The average Bonchev–Trinajstić information content (AvgIpc) is 3.20. The van der Waals surface area contributed by atoms with Crippen LogP contribution in [-0.2, 0) is 35.1 Å². The second kappa shape index (κ2) is 27.1. The lowest BCUT2D eigenvalue weighted by Gasteiger charge is -2.29. The van der Waals surface area contributed by atoms with Gasteiger partial charge in [-0.05, 0) is 134 Å². The van der Waals surface area contributed by atoms with Crippen molar-refractivity contribution in [3.63, 3.8) is 0 Å². The second-order valence-corrected chi connectivity index (χ2v) is 17.4. The number of amides is 5. The van der Waals surface area contributed by atoms with E-state index in [1.165, 1.54) is 5.56 Å². The Morgan fingerprint density at radius 3 is 1.90 bits per heavy atom. The topological polar surface area (TPSA) is 231 Å². The zero-order valence-electron chi connectivity index (χ0n) is 38.3. The maximum Gasteiger partial charge on any atom is 0.407 e. The Balaban J connectivity index is 2.18. The van der Waals surface area contributed by atoms with Crippen LogP contribution in [0.4, 0.5) is 4.79 Å². The maximum absolute atomic E-state index is 14.0. The molecule has 0 heterocycles. The van der Waals surface area contributed by atoms with Crippen molar-refractivity contribution in [2.75, 3.05) is 33.8 Å². The standard InChI is InChI=1S/C46H73N7O9/c1-10-11-16-32-19-21-33(22-20-32)34-23-25-35(26-24-34)40(54)49-36(17-13-15-28-53(8)9)41(55)51-38(31(4)61-29-30(2)3)42(56)52-39(47)43(57)50-37(44(58)59)18-12-14-27-48-45(60)62-46(5,6)7/h19-26,30-31,36-39H,10-18,27-29,47H2,1-9H3,(H,48,60)(H,49,54)(H,50,57)(H,51,55)(H,52,56)(H,58,59)/t31?,36-,37-,38-,39+/m0/s1. The van der Waals surface area contributed by atoms with Crippen LogP contribution in [0.5, 0.6) is 0 Å². The molecule has 5 atom stereocenters. The molecule has 0 aliphatic rings. The summed E-state index contributed by atoms with van der Waals surface area (Å²) >= 11 is 0. The highest BCUT2D eigenvalue weighted by Gasteiger charge is 2.34. The zero-order chi connectivity index (χ0) is 46.4. The summed E-state index contributed by atoms with van der Waals surface area (Å²) in [5.74, 6) is -4.11. The first kappa shape index (κ1) is 53.1. The Labute approximate surface area is 368 Å². The predicted octanol–water partition coefficient (Wildman–Crippen LogP) is 4.74. The Hall–Kier alpha value is -5.06. The first-order chi connectivity index (χ1) is 29.2. The molecule has 0 bridgehead atoms. The highest BCUT2D eigenvalue weighted by molar-refractivity contribution is 5.99. The van der Waals surface area contributed by atoms with Gasteiger partial charge in [0.2, 0.25) is 11.8 Å². The molecule has 0 aliphatic heterocycles. The van der Waals surface area contributed by atoms with Crippen LogP contribution in [0.25, 0.3) is 11.1 Å². The fourth-order valence-electron chi connectivity index (χ4n) is 6.24. The minimum atomic E-state index is -1.68. The Morgan fingerprint density at radius 2 is 1.34 bits per heavy atom. The Kier molecular flexibility index (Phi) is 23.2. The van der Waals surface area contributed by atoms with E-state index in [1.54, 1.807) is 39.8 Å². The summed E-state index contributed by atoms with van der Waals surface area (Å²) in [5.41, 5.74) is 9.01. The number of carbonyl (C=O) groups is 6. The van der Waals surface area contributed by atoms with Crippen LogP contribution in [0.3, 0.4) is 0 Å². The van der Waals surface area contributed by atoms with Gasteiger partial charge >= 0.3 is 12.1 Å². The molecule has 2 aromatic carbocycles. The van der Waals surface area contributed by atoms with Crippen molar-refractivity contribution in [1.29, 1.82) is 0 Å². The van der Waals surface area contributed by atoms with Crippen LogP contribution >= 0.6 is 0 Å². The summed E-state index contributed by atoms with van der Waals surface area (Å²) in [6.45, 7) is 14.1. The van der Waals surface area contributed by atoms with Gasteiger partial charge in [-0.15, -0.1) is 0 Å². The molecular formula is C46H73N7O9. The number of benzene rings is 2. The molecule has 0 saturated carbocycles. The largest absolute Gasteiger partial charge is 0.480 e. The smallest absolute Gasteiger partial charge is 0.407 e. The van der Waals surface area contributed by atoms with Crippen molar-refractivity contribution in [3.8, 4) is 11.1 Å². The van der Waals surface area contributed by atoms with Gasteiger partial charge in [0.1, 0.15) is 23.7 Å². The molecule has 0 radical (unpaired) electrons. The molecule has 0 aromatic heterocycles. The minimum Gasteiger partial charge on any atom is -0.480 e. The van der Waals surface area contributed by atoms with Crippen molar-refractivity contribution >= 4 is 35.7 Å². The number of carboxylic acid groups (broad SMARTS) is 1. The van der Waals surface area contributed by atoms with Crippen LogP contribution in [0, 0.1) is 5.92 Å². The second-order valence-electron chi connectivity index (χ2n) is 17.4. The van der Waals surface area contributed by atoms with Gasteiger partial charge in [-0.1, -0.05) is 63.6 Å². The summed E-state index contributed by atoms with van der Waals surface area (Å²) in [7, 11) is 3.89. The van der Waals surface area contributed by atoms with Crippen molar-refractivity contribution in [1.82, 2.24) is 31.5 Å². The third kappa shape index (κ3) is 20.7. The molecule has 1 unspecified atom stereocenters. The molecular weight excluding hydrogens is 795 g/mol. The van der Waals surface area contributed by atoms with E-state index in [0.717, 1.165) is 43.4 Å². The Bertz CT molecular complexity index is 1710. The lowest BCUT2D eigenvalue weighted by molar-refractivity contribution is -0.142. The molecule has 0 spiro atoms. The molecule has 16 nitrogen and oxygen atoms in total. The van der Waals surface area contributed by atoms with Crippen molar-refractivity contribution in [3.05, 3.63) is 59.7 Å². The average molecular weight is 868 g/mol. The third-order valence-electron chi connectivity index (χ3n) is 9.75. The zero-order valence-corrected chi connectivity index (χ0v) is 38.3. The molecule has 2 rings (SSSR count). The van der Waals surface area contributed by atoms with E-state index in [0.29, 0.717) is 24.8 Å². The van der Waals surface area contributed by atoms with E-state index in [1.807, 2.05) is 45.0 Å². The number of nitrogens with zero attached hydrogens (tertiary/aromatic N) is 1. The van der Waals surface area contributed by atoms with Gasteiger partial charge < -0.3 is 51.8 Å².